The van der Waals surface area contributed by atoms with Gasteiger partial charge in [0.1, 0.15) is 0 Å². The molecule has 26 heavy (non-hydrogen) atoms. The number of aromatic nitrogens is 2. The predicted octanol–water partition coefficient (Wildman–Crippen LogP) is 2.53. The summed E-state index contributed by atoms with van der Waals surface area (Å²) in [6, 6.07) is 4.14. The van der Waals surface area contributed by atoms with E-state index in [9.17, 15) is 4.79 Å². The summed E-state index contributed by atoms with van der Waals surface area (Å²) in [6.07, 6.45) is 8.06. The smallest absolute Gasteiger partial charge is 0.225 e. The summed E-state index contributed by atoms with van der Waals surface area (Å²) in [6.45, 7) is 3.08. The van der Waals surface area contributed by atoms with E-state index in [4.69, 9.17) is 9.72 Å². The molecule has 1 atom stereocenters. The highest BCUT2D eigenvalue weighted by molar-refractivity contribution is 5.79. The van der Waals surface area contributed by atoms with Gasteiger partial charge in [-0.2, -0.15) is 0 Å². The van der Waals surface area contributed by atoms with Gasteiger partial charge in [-0.1, -0.05) is 0 Å². The number of nitrogens with zero attached hydrogens (tertiary/aromatic N) is 4. The highest BCUT2D eigenvalue weighted by Gasteiger charge is 2.31. The minimum Gasteiger partial charge on any atom is -0.381 e. The van der Waals surface area contributed by atoms with Crippen molar-refractivity contribution in [1.82, 2.24) is 14.3 Å². The molecule has 4 rings (SSSR count). The van der Waals surface area contributed by atoms with E-state index in [2.05, 4.69) is 38.7 Å². The fraction of sp³-hybridized carbons (Fsp3) is 0.600. The molecule has 0 aliphatic carbocycles. The molecule has 4 heterocycles. The summed E-state index contributed by atoms with van der Waals surface area (Å²) in [7, 11) is 4.06. The van der Waals surface area contributed by atoms with E-state index >= 15 is 0 Å². The minimum absolute atomic E-state index is 0.139. The Morgan fingerprint density at radius 3 is 2.85 bits per heavy atom. The van der Waals surface area contributed by atoms with Crippen LogP contribution in [0.4, 0.5) is 5.82 Å². The van der Waals surface area contributed by atoms with Gasteiger partial charge in [0.2, 0.25) is 5.91 Å². The zero-order valence-electron chi connectivity index (χ0n) is 15.7. The zero-order chi connectivity index (χ0) is 18.1. The van der Waals surface area contributed by atoms with Crippen molar-refractivity contribution in [3.05, 3.63) is 30.2 Å². The average molecular weight is 356 g/mol. The third-order valence-electron chi connectivity index (χ3n) is 5.66. The maximum atomic E-state index is 12.9. The van der Waals surface area contributed by atoms with Crippen molar-refractivity contribution in [1.29, 1.82) is 0 Å². The third-order valence-corrected chi connectivity index (χ3v) is 5.66. The summed E-state index contributed by atoms with van der Waals surface area (Å²) in [5.41, 5.74) is 2.20. The molecule has 0 unspecified atom stereocenters. The summed E-state index contributed by atoms with van der Waals surface area (Å²) in [4.78, 5) is 22.0. The van der Waals surface area contributed by atoms with Gasteiger partial charge < -0.3 is 18.9 Å². The Labute approximate surface area is 154 Å². The molecule has 2 fully saturated rings. The molecule has 2 aromatic rings. The molecule has 0 bridgehead atoms. The van der Waals surface area contributed by atoms with Crippen LogP contribution in [-0.4, -0.2) is 60.6 Å². The lowest BCUT2D eigenvalue weighted by atomic mass is 9.92. The van der Waals surface area contributed by atoms with Crippen LogP contribution in [-0.2, 0) is 9.53 Å². The molecule has 2 aliphatic rings. The molecule has 2 aliphatic heterocycles. The third kappa shape index (κ3) is 3.30. The van der Waals surface area contributed by atoms with Crippen LogP contribution in [0.1, 0.15) is 37.3 Å². The topological polar surface area (TPSA) is 50.1 Å². The van der Waals surface area contributed by atoms with Crippen molar-refractivity contribution >= 4 is 17.2 Å². The Bertz CT molecular complexity index is 779. The van der Waals surface area contributed by atoms with Crippen molar-refractivity contribution in [2.24, 2.45) is 5.92 Å². The second kappa shape index (κ2) is 7.27. The van der Waals surface area contributed by atoms with E-state index < -0.39 is 0 Å². The number of hydrogen-bond acceptors (Lipinski definition) is 4. The van der Waals surface area contributed by atoms with Gasteiger partial charge in [-0.25, -0.2) is 4.98 Å². The van der Waals surface area contributed by atoms with Crippen LogP contribution in [0.3, 0.4) is 0 Å². The largest absolute Gasteiger partial charge is 0.381 e. The Hall–Kier alpha value is -2.08. The molecule has 0 saturated carbocycles. The Morgan fingerprint density at radius 1 is 1.27 bits per heavy atom. The van der Waals surface area contributed by atoms with Crippen LogP contribution in [0.5, 0.6) is 0 Å². The number of fused-ring (bicyclic) bond motifs is 1. The average Bonchev–Trinajstić information content (AvgIpc) is 3.16. The van der Waals surface area contributed by atoms with E-state index in [1.807, 2.05) is 14.1 Å². The second-order valence-electron chi connectivity index (χ2n) is 7.69. The molecule has 140 valence electrons. The SMILES string of the molecule is CN(C)c1nc([C@H]2CCCN(C(=O)C3CCOCC3)C2)cn2cccc12. The van der Waals surface area contributed by atoms with Gasteiger partial charge in [-0.05, 0) is 37.8 Å². The maximum absolute atomic E-state index is 12.9. The number of carbonyl (C=O) groups is 1. The highest BCUT2D eigenvalue weighted by Crippen LogP contribution is 2.30. The summed E-state index contributed by atoms with van der Waals surface area (Å²) in [5, 5.41) is 0. The maximum Gasteiger partial charge on any atom is 0.225 e. The number of hydrogen-bond donors (Lipinski definition) is 0. The van der Waals surface area contributed by atoms with Gasteiger partial charge in [-0.15, -0.1) is 0 Å². The summed E-state index contributed by atoms with van der Waals surface area (Å²) < 4.78 is 7.56. The fourth-order valence-corrected chi connectivity index (χ4v) is 4.19. The first-order valence-corrected chi connectivity index (χ1v) is 9.65. The number of likely N-dealkylation sites (tertiary alicyclic amines) is 1. The van der Waals surface area contributed by atoms with E-state index in [0.29, 0.717) is 25.0 Å². The zero-order valence-corrected chi connectivity index (χ0v) is 15.7. The first-order valence-electron chi connectivity index (χ1n) is 9.65. The fourth-order valence-electron chi connectivity index (χ4n) is 4.19. The number of piperidine rings is 1. The van der Waals surface area contributed by atoms with Crippen LogP contribution in [0.15, 0.2) is 24.5 Å². The number of anilines is 1. The highest BCUT2D eigenvalue weighted by atomic mass is 16.5. The van der Waals surface area contributed by atoms with Gasteiger partial charge in [-0.3, -0.25) is 4.79 Å². The standard InChI is InChI=1S/C20H28N4O2/c1-22(2)19-18-6-4-9-23(18)14-17(21-19)16-5-3-10-24(13-16)20(25)15-7-11-26-12-8-15/h4,6,9,14-16H,3,5,7-8,10-13H2,1-2H3/t16-/m0/s1. The van der Waals surface area contributed by atoms with Gasteiger partial charge in [0, 0.05) is 64.6 Å². The molecule has 6 heteroatoms. The van der Waals surface area contributed by atoms with Crippen molar-refractivity contribution in [3.63, 3.8) is 0 Å². The molecule has 1 amide bonds. The molecule has 0 radical (unpaired) electrons. The van der Waals surface area contributed by atoms with Crippen LogP contribution in [0.25, 0.3) is 5.52 Å². The van der Waals surface area contributed by atoms with Crippen molar-refractivity contribution in [3.8, 4) is 0 Å². The summed E-state index contributed by atoms with van der Waals surface area (Å²) in [5.74, 6) is 1.74. The molecule has 2 saturated heterocycles. The Balaban J connectivity index is 1.56. The van der Waals surface area contributed by atoms with Crippen LogP contribution in [0.2, 0.25) is 0 Å². The van der Waals surface area contributed by atoms with Crippen molar-refractivity contribution in [2.45, 2.75) is 31.6 Å². The van der Waals surface area contributed by atoms with Gasteiger partial charge >= 0.3 is 0 Å². The number of ether oxygens (including phenoxy) is 1. The second-order valence-corrected chi connectivity index (χ2v) is 7.69. The van der Waals surface area contributed by atoms with Gasteiger partial charge in [0.15, 0.2) is 5.82 Å². The quantitative estimate of drug-likeness (QED) is 0.848. The lowest BCUT2D eigenvalue weighted by Gasteiger charge is -2.36. The molecule has 6 nitrogen and oxygen atoms in total. The first kappa shape index (κ1) is 17.3. The molecular formula is C20H28N4O2. The predicted molar refractivity (Wildman–Crippen MR) is 102 cm³/mol. The Kier molecular flexibility index (Phi) is 4.85. The molecule has 0 N–H and O–H groups in total. The first-order chi connectivity index (χ1) is 12.6. The van der Waals surface area contributed by atoms with E-state index in [1.54, 1.807) is 0 Å². The van der Waals surface area contributed by atoms with Crippen molar-refractivity contribution < 1.29 is 9.53 Å². The summed E-state index contributed by atoms with van der Waals surface area (Å²) >= 11 is 0. The number of carbonyl (C=O) groups excluding carboxylic acids is 1. The van der Waals surface area contributed by atoms with Crippen LogP contribution in [0, 0.1) is 5.92 Å². The van der Waals surface area contributed by atoms with E-state index in [1.165, 1.54) is 0 Å². The van der Waals surface area contributed by atoms with Gasteiger partial charge in [0.25, 0.3) is 0 Å². The van der Waals surface area contributed by atoms with Crippen LogP contribution >= 0.6 is 0 Å². The normalized spacial score (nSPS) is 21.9. The van der Waals surface area contributed by atoms with Crippen LogP contribution < -0.4 is 4.90 Å². The van der Waals surface area contributed by atoms with Gasteiger partial charge in [0.05, 0.1) is 11.2 Å². The van der Waals surface area contributed by atoms with E-state index in [0.717, 1.165) is 55.8 Å². The molecule has 0 aromatic carbocycles. The Morgan fingerprint density at radius 2 is 2.08 bits per heavy atom. The number of rotatable bonds is 3. The lowest BCUT2D eigenvalue weighted by Crippen LogP contribution is -2.43. The molecular weight excluding hydrogens is 328 g/mol. The lowest BCUT2D eigenvalue weighted by molar-refractivity contribution is -0.139. The number of amides is 1. The minimum atomic E-state index is 0.139. The van der Waals surface area contributed by atoms with Crippen molar-refractivity contribution in [2.75, 3.05) is 45.3 Å². The molecule has 0 spiro atoms. The monoisotopic (exact) mass is 356 g/mol. The molecule has 2 aromatic heterocycles. The van der Waals surface area contributed by atoms with E-state index in [-0.39, 0.29) is 5.92 Å².